The lowest BCUT2D eigenvalue weighted by Crippen LogP contribution is -2.29. The average Bonchev–Trinajstić information content (AvgIpc) is 1.67. The third kappa shape index (κ3) is 16.7. The van der Waals surface area contributed by atoms with E-state index in [0.717, 1.165) is 139 Å². The van der Waals surface area contributed by atoms with Crippen LogP contribution in [0.25, 0.3) is 155 Å². The largest absolute Gasteiger partial charge is 0.488 e. The maximum atomic E-state index is 10.1. The van der Waals surface area contributed by atoms with Gasteiger partial charge in [0.1, 0.15) is 32.0 Å². The van der Waals surface area contributed by atoms with E-state index >= 15 is 0 Å². The van der Waals surface area contributed by atoms with Crippen LogP contribution in [0, 0.1) is 3.70 Å². The van der Waals surface area contributed by atoms with Crippen molar-refractivity contribution in [2.24, 2.45) is 0 Å². The van der Waals surface area contributed by atoms with E-state index in [1.54, 1.807) is 0 Å². The third-order valence-corrected chi connectivity index (χ3v) is 23.1. The number of hydrogen-bond donors (Lipinski definition) is 2. The molecule has 16 heteroatoms. The van der Waals surface area contributed by atoms with Crippen LogP contribution in [0.2, 0.25) is 0 Å². The molecule has 0 saturated carbocycles. The van der Waals surface area contributed by atoms with Crippen molar-refractivity contribution in [1.82, 2.24) is 37.5 Å². The molecular weight excluding hydrogens is 1790 g/mol. The van der Waals surface area contributed by atoms with Crippen LogP contribution in [-0.2, 0) is 0 Å². The van der Waals surface area contributed by atoms with Crippen molar-refractivity contribution in [3.05, 3.63) is 410 Å². The number of nitrogens with zero attached hydrogens (tertiary/aromatic N) is 8. The monoisotopic (exact) mass is 1860 g/mol. The maximum Gasteiger partial charge on any atom is 0.488 e. The zero-order valence-corrected chi connectivity index (χ0v) is 69.4. The Morgan fingerprint density at radius 1 is 0.278 bits per heavy atom. The number of imidazole rings is 4. The van der Waals surface area contributed by atoms with Gasteiger partial charge in [0.05, 0.1) is 28.5 Å². The smallest absolute Gasteiger partial charge is 0.423 e. The van der Waals surface area contributed by atoms with E-state index in [9.17, 15) is 10.0 Å². The van der Waals surface area contributed by atoms with Gasteiger partial charge in [-0.05, 0) is 203 Å². The van der Waals surface area contributed by atoms with Crippen LogP contribution in [0.5, 0.6) is 0 Å². The Hall–Kier alpha value is -11.7. The molecule has 0 atom stereocenters. The summed E-state index contributed by atoms with van der Waals surface area (Å²) in [6, 6.07) is 122. The highest BCUT2D eigenvalue weighted by molar-refractivity contribution is 14.1. The number of hydrogen-bond acceptors (Lipinski definition) is 6. The van der Waals surface area contributed by atoms with E-state index < -0.39 is 7.12 Å². The van der Waals surface area contributed by atoms with Crippen molar-refractivity contribution in [2.45, 2.75) is 7.43 Å². The molecule has 0 amide bonds. The zero-order chi connectivity index (χ0) is 77.6. The highest BCUT2D eigenvalue weighted by Gasteiger charge is 2.22. The van der Waals surface area contributed by atoms with E-state index in [1.165, 1.54) is 38.1 Å². The van der Waals surface area contributed by atoms with Crippen molar-refractivity contribution in [2.75, 3.05) is 0 Å². The van der Waals surface area contributed by atoms with Crippen LogP contribution in [-0.4, -0.2) is 54.7 Å². The first-order valence-corrected chi connectivity index (χ1v) is 41.1. The van der Waals surface area contributed by atoms with Gasteiger partial charge in [-0.1, -0.05) is 320 Å². The lowest BCUT2D eigenvalue weighted by Gasteiger charge is -2.19. The molecule has 0 aliphatic carbocycles. The van der Waals surface area contributed by atoms with E-state index in [1.807, 2.05) is 175 Å². The molecule has 2 N–H and O–H groups in total. The lowest BCUT2D eigenvalue weighted by atomic mass is 9.77. The highest BCUT2D eigenvalue weighted by atomic mass is 127. The average molecular weight is 1860 g/mol. The predicted molar refractivity (Wildman–Crippen MR) is 501 cm³/mol. The molecule has 0 radical (unpaired) electrons. The summed E-state index contributed by atoms with van der Waals surface area (Å²) in [5.41, 5.74) is 22.0. The molecule has 0 unspecified atom stereocenters. The maximum absolute atomic E-state index is 10.1. The fourth-order valence-corrected chi connectivity index (χ4v) is 16.4. The van der Waals surface area contributed by atoms with Gasteiger partial charge in [-0.3, -0.25) is 13.2 Å². The minimum Gasteiger partial charge on any atom is -0.423 e. The third-order valence-electron chi connectivity index (χ3n) is 19.9. The summed E-state index contributed by atoms with van der Waals surface area (Å²) in [5.74, 6) is 0. The fraction of sp³-hybridized carbons (Fsp3) is 0.0101. The van der Waals surface area contributed by atoms with Gasteiger partial charge in [0.2, 0.25) is 0 Å². The molecule has 556 valence electrons. The Morgan fingerprint density at radius 2 is 0.635 bits per heavy atom. The van der Waals surface area contributed by atoms with Gasteiger partial charge in [0.25, 0.3) is 0 Å². The Bertz CT molecular complexity index is 6830. The topological polar surface area (TPSA) is 110 Å². The number of rotatable bonds is 9. The Kier molecular flexibility index (Phi) is 23.5. The molecule has 21 rings (SSSR count). The van der Waals surface area contributed by atoms with E-state index in [-0.39, 0.29) is 7.43 Å². The summed E-state index contributed by atoms with van der Waals surface area (Å²) < 4.78 is 13.9. The van der Waals surface area contributed by atoms with Crippen LogP contribution >= 0.6 is 86.3 Å². The van der Waals surface area contributed by atoms with Crippen molar-refractivity contribution in [3.8, 4) is 89.8 Å². The second-order valence-corrected chi connectivity index (χ2v) is 31.8. The Balaban J connectivity index is 0.000000112. The van der Waals surface area contributed by atoms with Gasteiger partial charge in [0, 0.05) is 82.3 Å². The van der Waals surface area contributed by atoms with Crippen LogP contribution < -0.4 is 5.46 Å². The van der Waals surface area contributed by atoms with Crippen molar-refractivity contribution >= 4 is 165 Å². The molecular formula is C99H70BBr4IN8O2. The molecule has 0 saturated heterocycles. The van der Waals surface area contributed by atoms with Gasteiger partial charge in [-0.25, -0.2) is 19.9 Å². The normalized spacial score (nSPS) is 11.0. The van der Waals surface area contributed by atoms with Crippen molar-refractivity contribution < 1.29 is 10.0 Å². The number of pyridine rings is 4. The number of benzene rings is 13. The van der Waals surface area contributed by atoms with Crippen molar-refractivity contribution in [1.29, 1.82) is 0 Å². The van der Waals surface area contributed by atoms with Crippen LogP contribution in [0.3, 0.4) is 0 Å². The standard InChI is InChI=1S/C34H23BO2.2C19H13BrN2.C13H8BrIN2.C13H9BrN2.CH4/c36-35(37)28-17-18-31-32(21-28)34(27-16-14-23-8-2-4-10-25(23)20-27)30-12-6-5-11-29(30)33(31)26-15-13-22-7-1-3-9-24(22)19-26;2*20-16-11-9-14(10-12-16)18-19(15-6-2-1-3-7-15)22-13-5-4-8-17(22)21-18;14-10-6-4-9(5-7-10)12-13(15)17-8-2-1-3-11(17)16-12;14-11-6-4-10(5-7-11)12-9-16-8-2-1-3-13(16)15-12;/h1-21,36-37H;2*1-13H;1-8H;1-9H;1H4. The van der Waals surface area contributed by atoms with E-state index in [2.05, 4.69) is 328 Å². The molecule has 13 aromatic carbocycles. The summed E-state index contributed by atoms with van der Waals surface area (Å²) in [6.07, 6.45) is 10.2. The van der Waals surface area contributed by atoms with Crippen LogP contribution in [0.15, 0.2) is 407 Å². The summed E-state index contributed by atoms with van der Waals surface area (Å²) in [5, 5.41) is 29.3. The molecule has 0 bridgehead atoms. The van der Waals surface area contributed by atoms with Gasteiger partial charge >= 0.3 is 7.12 Å². The zero-order valence-electron chi connectivity index (χ0n) is 60.9. The molecule has 115 heavy (non-hydrogen) atoms. The fourth-order valence-electron chi connectivity index (χ4n) is 14.5. The van der Waals surface area contributed by atoms with Crippen molar-refractivity contribution in [3.63, 3.8) is 0 Å². The molecule has 0 fully saturated rings. The first-order chi connectivity index (χ1) is 55.9. The Morgan fingerprint density at radius 3 is 1.09 bits per heavy atom. The minimum atomic E-state index is -1.54. The quantitative estimate of drug-likeness (QED) is 0.0846. The van der Waals surface area contributed by atoms with E-state index in [4.69, 9.17) is 9.97 Å². The van der Waals surface area contributed by atoms with E-state index in [0.29, 0.717) is 5.46 Å². The van der Waals surface area contributed by atoms with Crippen LogP contribution in [0.4, 0.5) is 0 Å². The summed E-state index contributed by atoms with van der Waals surface area (Å²) >= 11 is 16.2. The molecule has 8 aromatic heterocycles. The van der Waals surface area contributed by atoms with Crippen LogP contribution in [0.1, 0.15) is 7.43 Å². The lowest BCUT2D eigenvalue weighted by molar-refractivity contribution is 0.426. The summed E-state index contributed by atoms with van der Waals surface area (Å²) in [7, 11) is -1.54. The molecule has 0 aliphatic rings. The number of fused-ring (bicyclic) bond motifs is 8. The summed E-state index contributed by atoms with van der Waals surface area (Å²) in [6.45, 7) is 0. The molecule has 21 aromatic rings. The molecule has 10 nitrogen and oxygen atoms in total. The Labute approximate surface area is 713 Å². The first kappa shape index (κ1) is 77.2. The molecule has 0 aliphatic heterocycles. The first-order valence-electron chi connectivity index (χ1n) is 36.9. The summed E-state index contributed by atoms with van der Waals surface area (Å²) in [4.78, 5) is 18.9. The van der Waals surface area contributed by atoms with Gasteiger partial charge < -0.3 is 14.4 Å². The number of halogens is 5. The molecule has 8 heterocycles. The van der Waals surface area contributed by atoms with Gasteiger partial charge in [-0.15, -0.1) is 0 Å². The van der Waals surface area contributed by atoms with Gasteiger partial charge in [-0.2, -0.15) is 0 Å². The highest BCUT2D eigenvalue weighted by Crippen LogP contribution is 2.45. The second kappa shape index (κ2) is 35.0. The molecule has 0 spiro atoms. The SMILES string of the molecule is Brc1ccc(-c2cn3ccccc3n2)cc1.Brc1ccc(-c2nc3ccccn3c2-c2ccccc2)cc1.Brc1ccc(-c2nc3ccccn3c2-c2ccccc2)cc1.Brc1ccc(-c2nc3ccccn3c2I)cc1.C.OB(O)c1ccc2c(-c3ccc4ccccc4c3)c3ccccc3c(-c3ccc4ccccc4c3)c2c1. The predicted octanol–water partition coefficient (Wildman–Crippen LogP) is 26.9. The second-order valence-electron chi connectivity index (χ2n) is 27.1. The minimum absolute atomic E-state index is 0. The number of aromatic nitrogens is 8. The van der Waals surface area contributed by atoms with Gasteiger partial charge in [0.15, 0.2) is 0 Å².